The van der Waals surface area contributed by atoms with E-state index < -0.39 is 17.9 Å². The molecule has 0 aliphatic carbocycles. The van der Waals surface area contributed by atoms with Crippen molar-refractivity contribution in [3.05, 3.63) is 29.3 Å². The summed E-state index contributed by atoms with van der Waals surface area (Å²) in [6.45, 7) is 3.87. The highest BCUT2D eigenvalue weighted by Crippen LogP contribution is 2.27. The minimum Gasteiger partial charge on any atom is -0.496 e. The molecule has 2 unspecified atom stereocenters. The molecule has 0 amide bonds. The van der Waals surface area contributed by atoms with Crippen molar-refractivity contribution in [3.8, 4) is 5.75 Å². The smallest absolute Gasteiger partial charge is 0.308 e. The van der Waals surface area contributed by atoms with Gasteiger partial charge in [-0.15, -0.1) is 0 Å². The SMILES string of the molecule is CCc1cc(C(N)C(CC)C(=O)O)ccc1OC. The number of benzene rings is 1. The summed E-state index contributed by atoms with van der Waals surface area (Å²) in [6.07, 6.45) is 1.34. The van der Waals surface area contributed by atoms with Gasteiger partial charge in [-0.05, 0) is 30.0 Å². The van der Waals surface area contributed by atoms with Gasteiger partial charge in [-0.25, -0.2) is 0 Å². The van der Waals surface area contributed by atoms with Gasteiger partial charge in [-0.3, -0.25) is 4.79 Å². The highest BCUT2D eigenvalue weighted by molar-refractivity contribution is 5.71. The Labute approximate surface area is 108 Å². The molecule has 1 rings (SSSR count). The highest BCUT2D eigenvalue weighted by atomic mass is 16.5. The van der Waals surface area contributed by atoms with Gasteiger partial charge >= 0.3 is 5.97 Å². The molecule has 2 atom stereocenters. The number of methoxy groups -OCH3 is 1. The Hall–Kier alpha value is -1.55. The fourth-order valence-electron chi connectivity index (χ4n) is 2.10. The van der Waals surface area contributed by atoms with E-state index in [4.69, 9.17) is 15.6 Å². The first-order chi connectivity index (χ1) is 8.54. The summed E-state index contributed by atoms with van der Waals surface area (Å²) in [5.74, 6) is -0.584. The van der Waals surface area contributed by atoms with Gasteiger partial charge in [0.25, 0.3) is 0 Å². The lowest BCUT2D eigenvalue weighted by atomic mass is 9.90. The largest absolute Gasteiger partial charge is 0.496 e. The molecule has 1 aromatic carbocycles. The van der Waals surface area contributed by atoms with E-state index >= 15 is 0 Å². The number of rotatable bonds is 6. The summed E-state index contributed by atoms with van der Waals surface area (Å²) < 4.78 is 5.25. The monoisotopic (exact) mass is 251 g/mol. The quantitative estimate of drug-likeness (QED) is 0.814. The molecular weight excluding hydrogens is 230 g/mol. The third kappa shape index (κ3) is 3.01. The van der Waals surface area contributed by atoms with Crippen molar-refractivity contribution >= 4 is 5.97 Å². The first-order valence-electron chi connectivity index (χ1n) is 6.20. The predicted octanol–water partition coefficient (Wildman–Crippen LogP) is 2.37. The fourth-order valence-corrected chi connectivity index (χ4v) is 2.10. The number of carboxylic acids is 1. The van der Waals surface area contributed by atoms with Crippen LogP contribution in [0.3, 0.4) is 0 Å². The maximum atomic E-state index is 11.1. The van der Waals surface area contributed by atoms with E-state index in [0.29, 0.717) is 6.42 Å². The van der Waals surface area contributed by atoms with E-state index in [1.807, 2.05) is 32.0 Å². The first kappa shape index (κ1) is 14.5. The maximum Gasteiger partial charge on any atom is 0.308 e. The van der Waals surface area contributed by atoms with Crippen LogP contribution in [0.15, 0.2) is 18.2 Å². The topological polar surface area (TPSA) is 72.6 Å². The number of carbonyl (C=O) groups is 1. The molecule has 4 nitrogen and oxygen atoms in total. The lowest BCUT2D eigenvalue weighted by molar-refractivity contribution is -0.142. The highest BCUT2D eigenvalue weighted by Gasteiger charge is 2.25. The summed E-state index contributed by atoms with van der Waals surface area (Å²) >= 11 is 0. The zero-order chi connectivity index (χ0) is 13.7. The molecule has 0 spiro atoms. The summed E-state index contributed by atoms with van der Waals surface area (Å²) in [5, 5.41) is 9.13. The third-order valence-electron chi connectivity index (χ3n) is 3.26. The van der Waals surface area contributed by atoms with Gasteiger partial charge in [0.15, 0.2) is 0 Å². The van der Waals surface area contributed by atoms with Crippen molar-refractivity contribution in [1.82, 2.24) is 0 Å². The Morgan fingerprint density at radius 1 is 1.44 bits per heavy atom. The molecule has 0 aliphatic heterocycles. The van der Waals surface area contributed by atoms with Gasteiger partial charge in [-0.1, -0.05) is 26.0 Å². The summed E-state index contributed by atoms with van der Waals surface area (Å²) in [4.78, 5) is 11.1. The second-order valence-corrected chi connectivity index (χ2v) is 4.30. The van der Waals surface area contributed by atoms with Crippen molar-refractivity contribution in [2.75, 3.05) is 7.11 Å². The van der Waals surface area contributed by atoms with Gasteiger partial charge in [0.05, 0.1) is 13.0 Å². The number of hydrogen-bond donors (Lipinski definition) is 2. The first-order valence-corrected chi connectivity index (χ1v) is 6.20. The van der Waals surface area contributed by atoms with E-state index in [1.54, 1.807) is 7.11 Å². The predicted molar refractivity (Wildman–Crippen MR) is 70.7 cm³/mol. The maximum absolute atomic E-state index is 11.1. The number of aliphatic carboxylic acids is 1. The average molecular weight is 251 g/mol. The second kappa shape index (κ2) is 6.40. The number of nitrogens with two attached hydrogens (primary N) is 1. The van der Waals surface area contributed by atoms with Crippen molar-refractivity contribution in [3.63, 3.8) is 0 Å². The molecule has 3 N–H and O–H groups in total. The number of aryl methyl sites for hydroxylation is 1. The lowest BCUT2D eigenvalue weighted by Crippen LogP contribution is -2.27. The van der Waals surface area contributed by atoms with Crippen LogP contribution in [0.5, 0.6) is 5.75 Å². The van der Waals surface area contributed by atoms with E-state index in [9.17, 15) is 4.79 Å². The molecule has 0 bridgehead atoms. The van der Waals surface area contributed by atoms with Gasteiger partial charge in [0.2, 0.25) is 0 Å². The standard InChI is InChI=1S/C14H21NO3/c1-4-9-8-10(6-7-12(9)18-3)13(15)11(5-2)14(16)17/h6-8,11,13H,4-5,15H2,1-3H3,(H,16,17). The van der Waals surface area contributed by atoms with Crippen molar-refractivity contribution in [1.29, 1.82) is 0 Å². The van der Waals surface area contributed by atoms with Crippen LogP contribution in [0.2, 0.25) is 0 Å². The molecule has 0 saturated carbocycles. The fraction of sp³-hybridized carbons (Fsp3) is 0.500. The van der Waals surface area contributed by atoms with E-state index in [2.05, 4.69) is 0 Å². The van der Waals surface area contributed by atoms with Crippen LogP contribution in [0.25, 0.3) is 0 Å². The Balaban J connectivity index is 3.05. The zero-order valence-corrected chi connectivity index (χ0v) is 11.1. The molecule has 0 heterocycles. The van der Waals surface area contributed by atoms with Crippen molar-refractivity contribution < 1.29 is 14.6 Å². The van der Waals surface area contributed by atoms with Crippen LogP contribution >= 0.6 is 0 Å². The van der Waals surface area contributed by atoms with Gasteiger partial charge in [-0.2, -0.15) is 0 Å². The molecule has 4 heteroatoms. The van der Waals surface area contributed by atoms with Crippen LogP contribution in [-0.2, 0) is 11.2 Å². The molecule has 0 aliphatic rings. The van der Waals surface area contributed by atoms with E-state index in [1.165, 1.54) is 0 Å². The minimum absolute atomic E-state index is 0.483. The van der Waals surface area contributed by atoms with Crippen molar-refractivity contribution in [2.24, 2.45) is 11.7 Å². The number of hydrogen-bond acceptors (Lipinski definition) is 3. The molecule has 0 radical (unpaired) electrons. The molecule has 18 heavy (non-hydrogen) atoms. The summed E-state index contributed by atoms with van der Waals surface area (Å²) in [5.41, 5.74) is 7.94. The lowest BCUT2D eigenvalue weighted by Gasteiger charge is -2.20. The molecule has 100 valence electrons. The molecule has 1 aromatic rings. The minimum atomic E-state index is -0.848. The molecule has 0 aromatic heterocycles. The Bertz CT molecular complexity index is 418. The van der Waals surface area contributed by atoms with E-state index in [0.717, 1.165) is 23.3 Å². The molecular formula is C14H21NO3. The third-order valence-corrected chi connectivity index (χ3v) is 3.26. The molecule has 0 fully saturated rings. The Morgan fingerprint density at radius 2 is 2.11 bits per heavy atom. The van der Waals surface area contributed by atoms with Crippen LogP contribution in [-0.4, -0.2) is 18.2 Å². The van der Waals surface area contributed by atoms with Crippen molar-refractivity contribution in [2.45, 2.75) is 32.7 Å². The second-order valence-electron chi connectivity index (χ2n) is 4.30. The average Bonchev–Trinajstić information content (AvgIpc) is 2.38. The summed E-state index contributed by atoms with van der Waals surface area (Å²) in [7, 11) is 1.63. The Kier molecular flexibility index (Phi) is 5.16. The van der Waals surface area contributed by atoms with Gasteiger partial charge in [0.1, 0.15) is 5.75 Å². The summed E-state index contributed by atoms with van der Waals surface area (Å²) in [6, 6.07) is 5.15. The number of carboxylic acid groups (broad SMARTS) is 1. The molecule has 0 saturated heterocycles. The van der Waals surface area contributed by atoms with Crippen LogP contribution < -0.4 is 10.5 Å². The van der Waals surface area contributed by atoms with Crippen LogP contribution in [0.4, 0.5) is 0 Å². The van der Waals surface area contributed by atoms with Crippen LogP contribution in [0.1, 0.15) is 37.4 Å². The Morgan fingerprint density at radius 3 is 2.56 bits per heavy atom. The van der Waals surface area contributed by atoms with Gasteiger partial charge in [0, 0.05) is 6.04 Å². The van der Waals surface area contributed by atoms with Crippen LogP contribution in [0, 0.1) is 5.92 Å². The van der Waals surface area contributed by atoms with E-state index in [-0.39, 0.29) is 0 Å². The van der Waals surface area contributed by atoms with Gasteiger partial charge < -0.3 is 15.6 Å². The zero-order valence-electron chi connectivity index (χ0n) is 11.1. The number of ether oxygens (including phenoxy) is 1. The normalized spacial score (nSPS) is 14.0.